The maximum Gasteiger partial charge on any atom is 0.137 e. The second kappa shape index (κ2) is 6.71. The standard InChI is InChI=1S/C16H20ClN3O2S/c1-23(22)8-15(12-2-3-12)16(21,9-20-11-18-10-19-20)13-4-6-14(17)7-5-13/h4-7,10-12,15,21H,2-3,8-9H2,1H3. The summed E-state index contributed by atoms with van der Waals surface area (Å²) in [6.45, 7) is 0.285. The van der Waals surface area contributed by atoms with Crippen LogP contribution in [0.25, 0.3) is 0 Å². The first kappa shape index (κ1) is 16.6. The zero-order chi connectivity index (χ0) is 16.4. The lowest BCUT2D eigenvalue weighted by Gasteiger charge is -2.36. The fraction of sp³-hybridized carbons (Fsp3) is 0.500. The molecule has 0 saturated heterocycles. The van der Waals surface area contributed by atoms with Crippen LogP contribution in [0.1, 0.15) is 18.4 Å². The molecule has 3 rings (SSSR count). The minimum absolute atomic E-state index is 0.0845. The monoisotopic (exact) mass is 353 g/mol. The molecule has 0 bridgehead atoms. The fourth-order valence-corrected chi connectivity index (χ4v) is 4.32. The molecular weight excluding hydrogens is 334 g/mol. The molecule has 5 nitrogen and oxygen atoms in total. The first-order valence-corrected chi connectivity index (χ1v) is 9.70. The summed E-state index contributed by atoms with van der Waals surface area (Å²) in [6, 6.07) is 7.23. The fourth-order valence-electron chi connectivity index (χ4n) is 3.14. The summed E-state index contributed by atoms with van der Waals surface area (Å²) in [5.41, 5.74) is -0.370. The van der Waals surface area contributed by atoms with Crippen LogP contribution in [0.5, 0.6) is 0 Å². The molecule has 1 aromatic heterocycles. The van der Waals surface area contributed by atoms with Crippen molar-refractivity contribution < 1.29 is 9.32 Å². The number of hydrogen-bond donors (Lipinski definition) is 1. The second-order valence-electron chi connectivity index (χ2n) is 6.21. The van der Waals surface area contributed by atoms with Crippen LogP contribution in [-0.4, -0.2) is 36.1 Å². The predicted molar refractivity (Wildman–Crippen MR) is 90.5 cm³/mol. The van der Waals surface area contributed by atoms with E-state index in [0.29, 0.717) is 16.7 Å². The number of nitrogens with zero attached hydrogens (tertiary/aromatic N) is 3. The SMILES string of the molecule is CS(=O)CC(C1CC1)C(O)(Cn1cncn1)c1ccc(Cl)cc1. The van der Waals surface area contributed by atoms with E-state index in [1.807, 2.05) is 12.1 Å². The van der Waals surface area contributed by atoms with Crippen molar-refractivity contribution in [2.24, 2.45) is 11.8 Å². The third kappa shape index (κ3) is 3.82. The van der Waals surface area contributed by atoms with Crippen LogP contribution >= 0.6 is 11.6 Å². The molecule has 7 heteroatoms. The van der Waals surface area contributed by atoms with Crippen LogP contribution in [0.2, 0.25) is 5.02 Å². The van der Waals surface area contributed by atoms with Gasteiger partial charge in [-0.05, 0) is 36.5 Å². The molecule has 0 aliphatic heterocycles. The number of rotatable bonds is 7. The molecule has 1 aliphatic carbocycles. The average molecular weight is 354 g/mol. The number of hydrogen-bond acceptors (Lipinski definition) is 4. The molecule has 3 atom stereocenters. The molecule has 1 aromatic carbocycles. The van der Waals surface area contributed by atoms with Gasteiger partial charge >= 0.3 is 0 Å². The third-order valence-electron chi connectivity index (χ3n) is 4.43. The molecule has 1 saturated carbocycles. The molecule has 0 spiro atoms. The van der Waals surface area contributed by atoms with E-state index in [0.717, 1.165) is 18.4 Å². The zero-order valence-electron chi connectivity index (χ0n) is 12.9. The summed E-state index contributed by atoms with van der Waals surface area (Å²) in [5, 5.41) is 16.4. The Labute approximate surface area is 143 Å². The van der Waals surface area contributed by atoms with Gasteiger partial charge in [0.1, 0.15) is 18.3 Å². The van der Waals surface area contributed by atoms with Crippen molar-refractivity contribution in [3.05, 3.63) is 47.5 Å². The van der Waals surface area contributed by atoms with Gasteiger partial charge in [0.05, 0.1) is 6.54 Å². The maximum absolute atomic E-state index is 11.9. The van der Waals surface area contributed by atoms with Gasteiger partial charge in [-0.3, -0.25) is 4.21 Å². The molecule has 1 heterocycles. The molecule has 2 aromatic rings. The van der Waals surface area contributed by atoms with Gasteiger partial charge in [0, 0.05) is 33.7 Å². The number of aliphatic hydroxyl groups is 1. The van der Waals surface area contributed by atoms with Gasteiger partial charge in [-0.15, -0.1) is 0 Å². The molecule has 1 aliphatic rings. The Bertz CT molecular complexity index is 673. The van der Waals surface area contributed by atoms with E-state index >= 15 is 0 Å². The molecule has 0 amide bonds. The van der Waals surface area contributed by atoms with Gasteiger partial charge in [0.25, 0.3) is 0 Å². The van der Waals surface area contributed by atoms with Gasteiger partial charge in [0.15, 0.2) is 0 Å². The highest BCUT2D eigenvalue weighted by Crippen LogP contribution is 2.47. The summed E-state index contributed by atoms with van der Waals surface area (Å²) >= 11 is 5.99. The van der Waals surface area contributed by atoms with Crippen LogP contribution in [0, 0.1) is 11.8 Å². The molecular formula is C16H20ClN3O2S. The minimum atomic E-state index is -1.15. The largest absolute Gasteiger partial charge is 0.383 e. The van der Waals surface area contributed by atoms with Crippen LogP contribution in [0.4, 0.5) is 0 Å². The van der Waals surface area contributed by atoms with E-state index in [9.17, 15) is 9.32 Å². The highest BCUT2D eigenvalue weighted by Gasteiger charge is 2.47. The Morgan fingerprint density at radius 1 is 1.43 bits per heavy atom. The Morgan fingerprint density at radius 3 is 2.65 bits per heavy atom. The van der Waals surface area contributed by atoms with Crippen molar-refractivity contribution >= 4 is 22.4 Å². The van der Waals surface area contributed by atoms with Crippen molar-refractivity contribution in [2.45, 2.75) is 25.0 Å². The van der Waals surface area contributed by atoms with Crippen molar-refractivity contribution in [1.82, 2.24) is 14.8 Å². The summed E-state index contributed by atoms with van der Waals surface area (Å²) in [5.74, 6) is 0.778. The molecule has 23 heavy (non-hydrogen) atoms. The summed E-state index contributed by atoms with van der Waals surface area (Å²) < 4.78 is 13.5. The second-order valence-corrected chi connectivity index (χ2v) is 8.12. The van der Waals surface area contributed by atoms with E-state index in [1.54, 1.807) is 29.4 Å². The van der Waals surface area contributed by atoms with Gasteiger partial charge in [-0.1, -0.05) is 23.7 Å². The maximum atomic E-state index is 11.9. The quantitative estimate of drug-likeness (QED) is 0.828. The Kier molecular flexibility index (Phi) is 4.85. The van der Waals surface area contributed by atoms with E-state index in [2.05, 4.69) is 10.1 Å². The van der Waals surface area contributed by atoms with Crippen molar-refractivity contribution in [3.63, 3.8) is 0 Å². The lowest BCUT2D eigenvalue weighted by Crippen LogP contribution is -2.43. The van der Waals surface area contributed by atoms with Gasteiger partial charge in [0.2, 0.25) is 0 Å². The van der Waals surface area contributed by atoms with Crippen molar-refractivity contribution in [3.8, 4) is 0 Å². The molecule has 1 fully saturated rings. The predicted octanol–water partition coefficient (Wildman–Crippen LogP) is 2.22. The third-order valence-corrected chi connectivity index (χ3v) is 5.51. The van der Waals surface area contributed by atoms with Crippen LogP contribution in [-0.2, 0) is 22.9 Å². The first-order valence-electron chi connectivity index (χ1n) is 7.60. The Balaban J connectivity index is 2.00. The van der Waals surface area contributed by atoms with E-state index in [1.165, 1.54) is 6.33 Å². The highest BCUT2D eigenvalue weighted by atomic mass is 35.5. The van der Waals surface area contributed by atoms with Crippen LogP contribution < -0.4 is 0 Å². The van der Waals surface area contributed by atoms with Crippen LogP contribution in [0.3, 0.4) is 0 Å². The molecule has 0 radical (unpaired) electrons. The molecule has 3 unspecified atom stereocenters. The average Bonchev–Trinajstić information content (AvgIpc) is 3.22. The Morgan fingerprint density at radius 2 is 2.13 bits per heavy atom. The van der Waals surface area contributed by atoms with E-state index in [4.69, 9.17) is 11.6 Å². The van der Waals surface area contributed by atoms with Gasteiger partial charge in [-0.2, -0.15) is 5.10 Å². The Hall–Kier alpha value is -1.24. The molecule has 124 valence electrons. The number of aromatic nitrogens is 3. The lowest BCUT2D eigenvalue weighted by molar-refractivity contribution is -0.0425. The van der Waals surface area contributed by atoms with Gasteiger partial charge < -0.3 is 5.11 Å². The lowest BCUT2D eigenvalue weighted by atomic mass is 9.79. The molecule has 1 N–H and O–H groups in total. The number of benzene rings is 1. The zero-order valence-corrected chi connectivity index (χ0v) is 14.5. The normalized spacial score (nSPS) is 20.0. The summed E-state index contributed by atoms with van der Waals surface area (Å²) in [6.07, 6.45) is 6.86. The smallest absolute Gasteiger partial charge is 0.137 e. The summed E-state index contributed by atoms with van der Waals surface area (Å²) in [4.78, 5) is 3.95. The topological polar surface area (TPSA) is 68.0 Å². The highest BCUT2D eigenvalue weighted by molar-refractivity contribution is 7.84. The van der Waals surface area contributed by atoms with E-state index < -0.39 is 16.4 Å². The van der Waals surface area contributed by atoms with Crippen molar-refractivity contribution in [1.29, 1.82) is 0 Å². The van der Waals surface area contributed by atoms with Crippen LogP contribution in [0.15, 0.2) is 36.9 Å². The minimum Gasteiger partial charge on any atom is -0.383 e. The first-order chi connectivity index (χ1) is 11.0. The van der Waals surface area contributed by atoms with Crippen molar-refractivity contribution in [2.75, 3.05) is 12.0 Å². The summed E-state index contributed by atoms with van der Waals surface area (Å²) in [7, 11) is -0.981. The van der Waals surface area contributed by atoms with E-state index in [-0.39, 0.29) is 12.5 Å². The van der Waals surface area contributed by atoms with Gasteiger partial charge in [-0.25, -0.2) is 9.67 Å². The number of halogens is 1.